The quantitative estimate of drug-likeness (QED) is 0.265. The molecule has 2 aromatic carbocycles. The van der Waals surface area contributed by atoms with E-state index >= 15 is 0 Å². The molecule has 0 amide bonds. The number of halogens is 3. The van der Waals surface area contributed by atoms with Gasteiger partial charge in [-0.3, -0.25) is 0 Å². The summed E-state index contributed by atoms with van der Waals surface area (Å²) in [4.78, 5) is 2.76. The molecule has 0 bridgehead atoms. The van der Waals surface area contributed by atoms with Gasteiger partial charge in [0.15, 0.2) is 0 Å². The molecule has 1 saturated heterocycles. The molecule has 0 saturated carbocycles. The number of fused-ring (bicyclic) bond motifs is 2. The van der Waals surface area contributed by atoms with Crippen LogP contribution in [0.15, 0.2) is 48.7 Å². The SMILES string of the molecule is CN1CCC(Nc2cccc3c(CC(F)(F)F)c(C#CCn4ccc5cccc(N)c54)sc23)CC1. The van der Waals surface area contributed by atoms with Crippen molar-refractivity contribution in [2.75, 3.05) is 31.2 Å². The van der Waals surface area contributed by atoms with Crippen molar-refractivity contribution < 1.29 is 13.2 Å². The number of nitrogens with two attached hydrogens (primary N) is 1. The molecule has 0 aliphatic carbocycles. The maximum Gasteiger partial charge on any atom is 0.393 e. The molecule has 4 nitrogen and oxygen atoms in total. The topological polar surface area (TPSA) is 46.2 Å². The maximum atomic E-state index is 13.5. The lowest BCUT2D eigenvalue weighted by Gasteiger charge is -2.30. The van der Waals surface area contributed by atoms with Crippen LogP contribution in [-0.4, -0.2) is 41.8 Å². The van der Waals surface area contributed by atoms with Crippen LogP contribution in [0.1, 0.15) is 23.3 Å². The number of hydrogen-bond acceptors (Lipinski definition) is 4. The average molecular weight is 497 g/mol. The number of anilines is 2. The molecule has 0 unspecified atom stereocenters. The van der Waals surface area contributed by atoms with E-state index in [-0.39, 0.29) is 5.56 Å². The number of para-hydroxylation sites is 1. The second kappa shape index (κ2) is 9.48. The second-order valence-corrected chi connectivity index (χ2v) is 10.2. The molecule has 4 aromatic rings. The maximum absolute atomic E-state index is 13.5. The van der Waals surface area contributed by atoms with Gasteiger partial charge in [-0.1, -0.05) is 36.1 Å². The zero-order valence-electron chi connectivity index (χ0n) is 19.5. The van der Waals surface area contributed by atoms with Crippen molar-refractivity contribution in [2.24, 2.45) is 0 Å². The standard InChI is InChI=1S/C27H27F3N4S/c1-33-14-11-19(12-15-33)32-23-8-3-6-20-21(17-27(28,29)30)24(35-26(20)23)9-4-13-34-16-10-18-5-2-7-22(31)25(18)34/h2-3,5-8,10,16,19,32H,11-15,17,31H2,1H3. The van der Waals surface area contributed by atoms with Gasteiger partial charge >= 0.3 is 6.18 Å². The van der Waals surface area contributed by atoms with Crippen LogP contribution in [0.5, 0.6) is 0 Å². The summed E-state index contributed by atoms with van der Waals surface area (Å²) in [6.45, 7) is 2.36. The van der Waals surface area contributed by atoms with Gasteiger partial charge in [0.2, 0.25) is 0 Å². The van der Waals surface area contributed by atoms with E-state index in [4.69, 9.17) is 5.73 Å². The fraction of sp³-hybridized carbons (Fsp3) is 0.333. The highest BCUT2D eigenvalue weighted by atomic mass is 32.1. The van der Waals surface area contributed by atoms with E-state index in [1.165, 1.54) is 11.3 Å². The highest BCUT2D eigenvalue weighted by Crippen LogP contribution is 2.39. The normalized spacial score (nSPS) is 15.4. The van der Waals surface area contributed by atoms with Crippen LogP contribution < -0.4 is 11.1 Å². The molecule has 35 heavy (non-hydrogen) atoms. The van der Waals surface area contributed by atoms with Gasteiger partial charge in [-0.05, 0) is 62.1 Å². The van der Waals surface area contributed by atoms with Gasteiger partial charge < -0.3 is 20.5 Å². The van der Waals surface area contributed by atoms with Crippen LogP contribution in [0.3, 0.4) is 0 Å². The minimum absolute atomic E-state index is 0.258. The summed E-state index contributed by atoms with van der Waals surface area (Å²) in [6, 6.07) is 13.5. The highest BCUT2D eigenvalue weighted by molar-refractivity contribution is 7.20. The fourth-order valence-electron chi connectivity index (χ4n) is 4.76. The predicted molar refractivity (Wildman–Crippen MR) is 139 cm³/mol. The van der Waals surface area contributed by atoms with Crippen LogP contribution in [0, 0.1) is 11.8 Å². The zero-order valence-corrected chi connectivity index (χ0v) is 20.3. The summed E-state index contributed by atoms with van der Waals surface area (Å²) in [5, 5.41) is 5.23. The van der Waals surface area contributed by atoms with Gasteiger partial charge in [0.05, 0.1) is 39.4 Å². The molecular weight excluding hydrogens is 469 g/mol. The Morgan fingerprint density at radius 2 is 1.89 bits per heavy atom. The van der Waals surface area contributed by atoms with E-state index in [9.17, 15) is 13.2 Å². The Hall–Kier alpha value is -3.15. The Balaban J connectivity index is 1.49. The van der Waals surface area contributed by atoms with E-state index in [0.29, 0.717) is 28.5 Å². The number of likely N-dealkylation sites (tertiary alicyclic amines) is 1. The lowest BCUT2D eigenvalue weighted by Crippen LogP contribution is -2.36. The van der Waals surface area contributed by atoms with E-state index in [1.54, 1.807) is 6.07 Å². The molecule has 1 aliphatic rings. The van der Waals surface area contributed by atoms with Gasteiger partial charge in [0, 0.05) is 17.6 Å². The molecule has 5 rings (SSSR count). The molecular formula is C27H27F3N4S. The first-order valence-corrected chi connectivity index (χ1v) is 12.5. The van der Waals surface area contributed by atoms with Crippen LogP contribution in [0.25, 0.3) is 21.0 Å². The van der Waals surface area contributed by atoms with E-state index in [1.807, 2.05) is 47.2 Å². The minimum atomic E-state index is -4.31. The summed E-state index contributed by atoms with van der Waals surface area (Å²) >= 11 is 1.34. The number of thiophene rings is 1. The van der Waals surface area contributed by atoms with Gasteiger partial charge in [0.1, 0.15) is 0 Å². The Bertz CT molecular complexity index is 1420. The third-order valence-corrected chi connectivity index (χ3v) is 7.74. The predicted octanol–water partition coefficient (Wildman–Crippen LogP) is 6.10. The number of rotatable bonds is 4. The lowest BCUT2D eigenvalue weighted by molar-refractivity contribution is -0.126. The number of aromatic nitrogens is 1. The van der Waals surface area contributed by atoms with Gasteiger partial charge in [-0.15, -0.1) is 11.3 Å². The Morgan fingerprint density at radius 1 is 1.11 bits per heavy atom. The molecule has 0 atom stereocenters. The minimum Gasteiger partial charge on any atom is -0.397 e. The zero-order chi connectivity index (χ0) is 24.6. The largest absolute Gasteiger partial charge is 0.397 e. The van der Waals surface area contributed by atoms with Gasteiger partial charge in [-0.25, -0.2) is 0 Å². The van der Waals surface area contributed by atoms with E-state index in [2.05, 4.69) is 29.1 Å². The fourth-order valence-corrected chi connectivity index (χ4v) is 5.93. The molecule has 3 N–H and O–H groups in total. The second-order valence-electron chi connectivity index (χ2n) is 9.14. The number of nitrogens with zero attached hydrogens (tertiary/aromatic N) is 2. The third kappa shape index (κ3) is 5.12. The molecule has 2 aromatic heterocycles. The Morgan fingerprint density at radius 3 is 2.66 bits per heavy atom. The van der Waals surface area contributed by atoms with Crippen LogP contribution in [0.2, 0.25) is 0 Å². The monoisotopic (exact) mass is 496 g/mol. The molecule has 0 radical (unpaired) electrons. The molecule has 0 spiro atoms. The highest BCUT2D eigenvalue weighted by Gasteiger charge is 2.31. The summed E-state index contributed by atoms with van der Waals surface area (Å²) in [7, 11) is 2.11. The first kappa shape index (κ1) is 23.6. The Kier molecular flexibility index (Phi) is 6.39. The van der Waals surface area contributed by atoms with Crippen LogP contribution in [-0.2, 0) is 13.0 Å². The van der Waals surface area contributed by atoms with E-state index in [0.717, 1.165) is 47.2 Å². The third-order valence-electron chi connectivity index (χ3n) is 6.54. The molecule has 8 heteroatoms. The number of nitrogen functional groups attached to an aromatic ring is 1. The summed E-state index contributed by atoms with van der Waals surface area (Å²) in [5.41, 5.74) is 8.82. The number of piperidine rings is 1. The Labute approximate surface area is 206 Å². The van der Waals surface area contributed by atoms with Gasteiger partial charge in [0.25, 0.3) is 0 Å². The number of benzene rings is 2. The molecule has 1 fully saturated rings. The molecule has 1 aliphatic heterocycles. The smallest absolute Gasteiger partial charge is 0.393 e. The van der Waals surface area contributed by atoms with Crippen molar-refractivity contribution >= 4 is 43.7 Å². The van der Waals surface area contributed by atoms with Crippen LogP contribution >= 0.6 is 11.3 Å². The summed E-state index contributed by atoms with van der Waals surface area (Å²) in [6.07, 6.45) is -1.38. The average Bonchev–Trinajstić information content (AvgIpc) is 3.38. The number of nitrogens with one attached hydrogen (secondary N) is 1. The van der Waals surface area contributed by atoms with E-state index < -0.39 is 12.6 Å². The van der Waals surface area contributed by atoms with Crippen molar-refractivity contribution in [2.45, 2.75) is 38.0 Å². The first-order valence-electron chi connectivity index (χ1n) is 11.7. The van der Waals surface area contributed by atoms with Crippen molar-refractivity contribution in [3.8, 4) is 11.8 Å². The number of alkyl halides is 3. The van der Waals surface area contributed by atoms with Crippen molar-refractivity contribution in [1.29, 1.82) is 0 Å². The van der Waals surface area contributed by atoms with Crippen molar-refractivity contribution in [1.82, 2.24) is 9.47 Å². The summed E-state index contributed by atoms with van der Waals surface area (Å²) in [5.74, 6) is 6.15. The lowest BCUT2D eigenvalue weighted by atomic mass is 10.0. The van der Waals surface area contributed by atoms with Crippen molar-refractivity contribution in [3.05, 3.63) is 59.1 Å². The van der Waals surface area contributed by atoms with Crippen molar-refractivity contribution in [3.63, 3.8) is 0 Å². The number of hydrogen-bond donors (Lipinski definition) is 2. The first-order chi connectivity index (χ1) is 16.8. The van der Waals surface area contributed by atoms with Gasteiger partial charge in [-0.2, -0.15) is 13.2 Å². The molecule has 3 heterocycles. The van der Waals surface area contributed by atoms with Crippen LogP contribution in [0.4, 0.5) is 24.5 Å². The molecule has 182 valence electrons. The summed E-state index contributed by atoms with van der Waals surface area (Å²) < 4.78 is 43.3.